The van der Waals surface area contributed by atoms with Gasteiger partial charge < -0.3 is 14.7 Å². The van der Waals surface area contributed by atoms with Crippen LogP contribution in [0.25, 0.3) is 0 Å². The molecule has 20 heavy (non-hydrogen) atoms. The number of anilines is 1. The van der Waals surface area contributed by atoms with Gasteiger partial charge in [0.2, 0.25) is 5.88 Å². The van der Waals surface area contributed by atoms with Crippen LogP contribution in [0.5, 0.6) is 5.88 Å². The molecule has 0 bridgehead atoms. The summed E-state index contributed by atoms with van der Waals surface area (Å²) < 4.78 is 5.17. The van der Waals surface area contributed by atoms with Gasteiger partial charge in [-0.25, -0.2) is 4.98 Å². The fraction of sp³-hybridized carbons (Fsp3) is 0.583. The summed E-state index contributed by atoms with van der Waals surface area (Å²) in [6.07, 6.45) is 1.25. The van der Waals surface area contributed by atoms with E-state index < -0.39 is 4.92 Å². The molecule has 2 aliphatic heterocycles. The molecule has 0 atom stereocenters. The smallest absolute Gasteiger partial charge is 0.299 e. The molecule has 1 aromatic rings. The molecule has 3 heterocycles. The van der Waals surface area contributed by atoms with Gasteiger partial charge in [0.25, 0.3) is 5.69 Å². The quantitative estimate of drug-likeness (QED) is 0.625. The monoisotopic (exact) mass is 280 g/mol. The number of ether oxygens (including phenoxy) is 1. The first kappa shape index (κ1) is 13.1. The van der Waals surface area contributed by atoms with E-state index in [1.165, 1.54) is 12.3 Å². The molecule has 0 aliphatic carbocycles. The van der Waals surface area contributed by atoms with Crippen molar-refractivity contribution in [1.29, 1.82) is 0 Å². The maximum absolute atomic E-state index is 11.1. The highest BCUT2D eigenvalue weighted by atomic mass is 16.6. The zero-order valence-corrected chi connectivity index (χ0v) is 10.9. The molecular formula is C12H16N4O4. The fourth-order valence-electron chi connectivity index (χ4n) is 2.63. The topological polar surface area (TPSA) is 92.0 Å². The van der Waals surface area contributed by atoms with E-state index in [-0.39, 0.29) is 17.3 Å². The second-order valence-corrected chi connectivity index (χ2v) is 4.97. The van der Waals surface area contributed by atoms with Crippen LogP contribution >= 0.6 is 0 Å². The highest BCUT2D eigenvalue weighted by Gasteiger charge is 2.32. The zero-order valence-electron chi connectivity index (χ0n) is 10.9. The Morgan fingerprint density at radius 3 is 2.60 bits per heavy atom. The Labute approximate surface area is 115 Å². The van der Waals surface area contributed by atoms with Gasteiger partial charge in [0.1, 0.15) is 0 Å². The average Bonchev–Trinajstić information content (AvgIpc) is 2.37. The van der Waals surface area contributed by atoms with Gasteiger partial charge in [0, 0.05) is 38.4 Å². The van der Waals surface area contributed by atoms with E-state index in [0.29, 0.717) is 19.1 Å². The van der Waals surface area contributed by atoms with E-state index in [1.54, 1.807) is 0 Å². The molecule has 0 aromatic carbocycles. The zero-order chi connectivity index (χ0) is 14.1. The van der Waals surface area contributed by atoms with E-state index in [4.69, 9.17) is 4.74 Å². The fourth-order valence-corrected chi connectivity index (χ4v) is 2.63. The molecule has 0 amide bonds. The van der Waals surface area contributed by atoms with Gasteiger partial charge in [0.15, 0.2) is 5.69 Å². The van der Waals surface area contributed by atoms with E-state index in [9.17, 15) is 15.2 Å². The summed E-state index contributed by atoms with van der Waals surface area (Å²) in [5.74, 6) is -0.278. The minimum absolute atomic E-state index is 0.0991. The van der Waals surface area contributed by atoms with Gasteiger partial charge in [-0.1, -0.05) is 0 Å². The lowest BCUT2D eigenvalue weighted by Gasteiger charge is -2.42. The van der Waals surface area contributed by atoms with Crippen LogP contribution in [0, 0.1) is 10.1 Å². The Morgan fingerprint density at radius 2 is 2.05 bits per heavy atom. The van der Waals surface area contributed by atoms with Crippen LogP contribution in [-0.2, 0) is 4.74 Å². The molecule has 0 saturated carbocycles. The third-order valence-corrected chi connectivity index (χ3v) is 3.85. The SMILES string of the molecule is O=[N+]([O-])c1ccnc(O)c1N1CCN(C2COC2)CC1. The first-order chi connectivity index (χ1) is 9.66. The van der Waals surface area contributed by atoms with E-state index in [1.807, 2.05) is 4.90 Å². The molecule has 3 rings (SSSR count). The molecule has 0 radical (unpaired) electrons. The first-order valence-corrected chi connectivity index (χ1v) is 6.56. The van der Waals surface area contributed by atoms with Crippen molar-refractivity contribution in [3.05, 3.63) is 22.4 Å². The van der Waals surface area contributed by atoms with Gasteiger partial charge in [-0.2, -0.15) is 0 Å². The van der Waals surface area contributed by atoms with Crippen molar-refractivity contribution in [2.45, 2.75) is 6.04 Å². The van der Waals surface area contributed by atoms with Crippen molar-refractivity contribution in [3.63, 3.8) is 0 Å². The van der Waals surface area contributed by atoms with Crippen LogP contribution in [0.15, 0.2) is 12.3 Å². The van der Waals surface area contributed by atoms with E-state index in [2.05, 4.69) is 9.88 Å². The van der Waals surface area contributed by atoms with Crippen molar-refractivity contribution in [2.75, 3.05) is 44.3 Å². The third kappa shape index (κ3) is 2.27. The largest absolute Gasteiger partial charge is 0.492 e. The number of hydrogen-bond acceptors (Lipinski definition) is 7. The molecule has 1 N–H and O–H groups in total. The lowest BCUT2D eigenvalue weighted by atomic mass is 10.1. The molecule has 0 spiro atoms. The van der Waals surface area contributed by atoms with Crippen molar-refractivity contribution >= 4 is 11.4 Å². The second-order valence-electron chi connectivity index (χ2n) is 4.97. The second kappa shape index (κ2) is 5.22. The number of piperazine rings is 1. The summed E-state index contributed by atoms with van der Waals surface area (Å²) in [4.78, 5) is 18.5. The Morgan fingerprint density at radius 1 is 1.35 bits per heavy atom. The molecule has 2 saturated heterocycles. The van der Waals surface area contributed by atoms with Crippen molar-refractivity contribution < 1.29 is 14.8 Å². The Hall–Kier alpha value is -1.93. The average molecular weight is 280 g/mol. The van der Waals surface area contributed by atoms with Crippen LogP contribution < -0.4 is 4.90 Å². The summed E-state index contributed by atoms with van der Waals surface area (Å²) in [6.45, 7) is 4.41. The van der Waals surface area contributed by atoms with Crippen molar-refractivity contribution in [2.24, 2.45) is 0 Å². The Balaban J connectivity index is 1.75. The van der Waals surface area contributed by atoms with Gasteiger partial charge in [-0.3, -0.25) is 15.0 Å². The standard InChI is InChI=1S/C12H16N4O4/c17-12-11(10(16(18)19)1-2-13-12)15-5-3-14(4-6-15)9-7-20-8-9/h1-2,9H,3-8H2,(H,13,17). The van der Waals surface area contributed by atoms with Crippen molar-refractivity contribution in [1.82, 2.24) is 9.88 Å². The highest BCUT2D eigenvalue weighted by molar-refractivity contribution is 5.68. The number of aromatic hydroxyl groups is 1. The lowest BCUT2D eigenvalue weighted by molar-refractivity contribution is -0.384. The minimum Gasteiger partial charge on any atom is -0.492 e. The molecule has 8 nitrogen and oxygen atoms in total. The Kier molecular flexibility index (Phi) is 3.41. The number of nitro groups is 1. The predicted octanol–water partition coefficient (Wildman–Crippen LogP) is 0.216. The number of rotatable bonds is 3. The van der Waals surface area contributed by atoms with Gasteiger partial charge >= 0.3 is 0 Å². The van der Waals surface area contributed by atoms with Crippen LogP contribution in [-0.4, -0.2) is 65.3 Å². The van der Waals surface area contributed by atoms with E-state index >= 15 is 0 Å². The summed E-state index contributed by atoms with van der Waals surface area (Å²) in [6, 6.07) is 1.79. The van der Waals surface area contributed by atoms with Gasteiger partial charge in [0.05, 0.1) is 24.2 Å². The number of nitrogens with zero attached hydrogens (tertiary/aromatic N) is 4. The number of aromatic nitrogens is 1. The molecule has 2 fully saturated rings. The lowest BCUT2D eigenvalue weighted by Crippen LogP contribution is -2.56. The maximum Gasteiger partial charge on any atom is 0.299 e. The molecule has 2 aliphatic rings. The van der Waals surface area contributed by atoms with Crippen LogP contribution in [0.3, 0.4) is 0 Å². The molecule has 0 unspecified atom stereocenters. The van der Waals surface area contributed by atoms with Crippen LogP contribution in [0.1, 0.15) is 0 Å². The van der Waals surface area contributed by atoms with Gasteiger partial charge in [-0.15, -0.1) is 0 Å². The summed E-state index contributed by atoms with van der Waals surface area (Å²) >= 11 is 0. The summed E-state index contributed by atoms with van der Waals surface area (Å²) in [7, 11) is 0. The highest BCUT2D eigenvalue weighted by Crippen LogP contribution is 2.35. The Bertz CT molecular complexity index is 512. The maximum atomic E-state index is 11.1. The molecular weight excluding hydrogens is 264 g/mol. The predicted molar refractivity (Wildman–Crippen MR) is 70.9 cm³/mol. The summed E-state index contributed by atoms with van der Waals surface area (Å²) in [5, 5.41) is 20.9. The normalized spacial score (nSPS) is 20.7. The number of hydrogen-bond donors (Lipinski definition) is 1. The van der Waals surface area contributed by atoms with Crippen LogP contribution in [0.4, 0.5) is 11.4 Å². The third-order valence-electron chi connectivity index (χ3n) is 3.85. The molecule has 1 aromatic heterocycles. The minimum atomic E-state index is -0.483. The summed E-state index contributed by atoms with van der Waals surface area (Å²) in [5.41, 5.74) is 0.125. The number of pyridine rings is 1. The first-order valence-electron chi connectivity index (χ1n) is 6.56. The van der Waals surface area contributed by atoms with Gasteiger partial charge in [-0.05, 0) is 0 Å². The van der Waals surface area contributed by atoms with E-state index in [0.717, 1.165) is 26.3 Å². The molecule has 8 heteroatoms. The molecule has 108 valence electrons. The van der Waals surface area contributed by atoms with Crippen LogP contribution in [0.2, 0.25) is 0 Å². The van der Waals surface area contributed by atoms with Crippen molar-refractivity contribution in [3.8, 4) is 5.88 Å².